The highest BCUT2D eigenvalue weighted by atomic mass is 16.5. The maximum absolute atomic E-state index is 9.55. The third kappa shape index (κ3) is 4.73. The number of carboxylic acid groups (broad SMARTS) is 2. The predicted octanol–water partition coefficient (Wildman–Crippen LogP) is 2.13. The fourth-order valence-corrected chi connectivity index (χ4v) is 2.86. The zero-order chi connectivity index (χ0) is 19.3. The van der Waals surface area contributed by atoms with Gasteiger partial charge in [-0.25, -0.2) is 9.59 Å². The topological polar surface area (TPSA) is 115 Å². The van der Waals surface area contributed by atoms with Gasteiger partial charge in [0, 0.05) is 42.9 Å². The molecule has 2 aromatic rings. The van der Waals surface area contributed by atoms with Crippen LogP contribution < -0.4 is 10.5 Å². The Kier molecular flexibility index (Phi) is 6.19. The summed E-state index contributed by atoms with van der Waals surface area (Å²) in [6.45, 7) is 2.89. The number of rotatable bonds is 5. The molecule has 0 spiro atoms. The molecule has 1 aromatic carbocycles. The molecule has 1 aromatic heterocycles. The van der Waals surface area contributed by atoms with Gasteiger partial charge < -0.3 is 25.3 Å². The summed E-state index contributed by atoms with van der Waals surface area (Å²) < 4.78 is 7.57. The number of benzene rings is 1. The van der Waals surface area contributed by atoms with Gasteiger partial charge in [-0.1, -0.05) is 6.07 Å². The molecule has 1 heterocycles. The second kappa shape index (κ2) is 8.35. The molecule has 0 amide bonds. The van der Waals surface area contributed by atoms with E-state index in [1.54, 1.807) is 7.11 Å². The SMILES string of the molecule is COc1ccc2c(c1)-c1c(ccn1C[C@@H](C)N)C2.O=C(O)C=CC(=O)O. The molecule has 0 saturated heterocycles. The first-order valence-corrected chi connectivity index (χ1v) is 8.06. The van der Waals surface area contributed by atoms with Crippen LogP contribution in [0.3, 0.4) is 0 Å². The van der Waals surface area contributed by atoms with Crippen LogP contribution in [0.25, 0.3) is 11.3 Å². The molecule has 138 valence electrons. The molecule has 0 radical (unpaired) electrons. The maximum atomic E-state index is 9.55. The van der Waals surface area contributed by atoms with E-state index in [0.29, 0.717) is 12.2 Å². The molecule has 0 saturated carbocycles. The number of nitrogens with zero attached hydrogens (tertiary/aromatic N) is 1. The number of nitrogens with two attached hydrogens (primary N) is 1. The van der Waals surface area contributed by atoms with Crippen molar-refractivity contribution in [3.8, 4) is 17.0 Å². The summed E-state index contributed by atoms with van der Waals surface area (Å²) in [6.07, 6.45) is 4.27. The number of carboxylic acids is 2. The molecule has 0 aliphatic heterocycles. The van der Waals surface area contributed by atoms with Crippen LogP contribution in [-0.4, -0.2) is 39.9 Å². The van der Waals surface area contributed by atoms with E-state index < -0.39 is 11.9 Å². The Morgan fingerprint density at radius 1 is 1.23 bits per heavy atom. The standard InChI is InChI=1S/C15H18N2O.C4H4O4/c1-10(16)9-17-6-5-12-7-11-3-4-13(18-2)8-14(11)15(12)17;5-3(6)1-2-4(7)8/h3-6,8,10H,7,9,16H2,1-2H3;1-2H,(H,5,6)(H,7,8)/t10-;/m1./s1. The minimum atomic E-state index is -1.26. The number of hydrogen-bond acceptors (Lipinski definition) is 4. The van der Waals surface area contributed by atoms with Crippen LogP contribution in [0.4, 0.5) is 0 Å². The molecule has 1 atom stereocenters. The lowest BCUT2D eigenvalue weighted by Gasteiger charge is -2.12. The molecular formula is C19H22N2O5. The highest BCUT2D eigenvalue weighted by Crippen LogP contribution is 2.39. The van der Waals surface area contributed by atoms with E-state index >= 15 is 0 Å². The number of aliphatic carboxylic acids is 2. The summed E-state index contributed by atoms with van der Waals surface area (Å²) in [5.41, 5.74) is 11.3. The third-order valence-electron chi connectivity index (χ3n) is 3.85. The van der Waals surface area contributed by atoms with E-state index in [1.807, 2.05) is 13.0 Å². The van der Waals surface area contributed by atoms with Crippen LogP contribution in [0.2, 0.25) is 0 Å². The second-order valence-corrected chi connectivity index (χ2v) is 6.03. The fourth-order valence-electron chi connectivity index (χ4n) is 2.86. The van der Waals surface area contributed by atoms with E-state index in [-0.39, 0.29) is 6.04 Å². The first-order chi connectivity index (χ1) is 12.3. The van der Waals surface area contributed by atoms with E-state index in [9.17, 15) is 9.59 Å². The number of ether oxygens (including phenoxy) is 1. The normalized spacial score (nSPS) is 12.7. The minimum Gasteiger partial charge on any atom is -0.497 e. The lowest BCUT2D eigenvalue weighted by molar-refractivity contribution is -0.134. The number of aromatic nitrogens is 1. The molecule has 3 rings (SSSR count). The van der Waals surface area contributed by atoms with Crippen LogP contribution in [0.1, 0.15) is 18.1 Å². The van der Waals surface area contributed by atoms with Crippen molar-refractivity contribution in [3.05, 3.63) is 53.7 Å². The zero-order valence-electron chi connectivity index (χ0n) is 14.7. The number of fused-ring (bicyclic) bond motifs is 3. The van der Waals surface area contributed by atoms with Crippen molar-refractivity contribution in [2.75, 3.05) is 7.11 Å². The monoisotopic (exact) mass is 358 g/mol. The lowest BCUT2D eigenvalue weighted by atomic mass is 10.1. The Hall–Kier alpha value is -3.06. The summed E-state index contributed by atoms with van der Waals surface area (Å²) >= 11 is 0. The quantitative estimate of drug-likeness (QED) is 0.602. The molecule has 1 aliphatic rings. The molecule has 7 nitrogen and oxygen atoms in total. The van der Waals surface area contributed by atoms with Crippen LogP contribution in [0.15, 0.2) is 42.6 Å². The molecule has 0 unspecified atom stereocenters. The predicted molar refractivity (Wildman–Crippen MR) is 97.3 cm³/mol. The molecule has 7 heteroatoms. The lowest BCUT2D eigenvalue weighted by Crippen LogP contribution is -2.22. The number of carbonyl (C=O) groups is 2. The van der Waals surface area contributed by atoms with E-state index in [0.717, 1.165) is 18.7 Å². The third-order valence-corrected chi connectivity index (χ3v) is 3.85. The van der Waals surface area contributed by atoms with Crippen LogP contribution >= 0.6 is 0 Å². The van der Waals surface area contributed by atoms with Gasteiger partial charge in [0.05, 0.1) is 12.8 Å². The largest absolute Gasteiger partial charge is 0.497 e. The molecule has 26 heavy (non-hydrogen) atoms. The van der Waals surface area contributed by atoms with E-state index in [4.69, 9.17) is 20.7 Å². The molecule has 0 fully saturated rings. The van der Waals surface area contributed by atoms with E-state index in [2.05, 4.69) is 29.0 Å². The number of hydrogen-bond donors (Lipinski definition) is 3. The zero-order valence-corrected chi connectivity index (χ0v) is 14.7. The van der Waals surface area contributed by atoms with Crippen molar-refractivity contribution < 1.29 is 24.5 Å². The average Bonchev–Trinajstić information content (AvgIpc) is 3.12. The van der Waals surface area contributed by atoms with Gasteiger partial charge in [-0.15, -0.1) is 0 Å². The van der Waals surface area contributed by atoms with Gasteiger partial charge in [-0.3, -0.25) is 0 Å². The Morgan fingerprint density at radius 3 is 2.42 bits per heavy atom. The van der Waals surface area contributed by atoms with Crippen molar-refractivity contribution >= 4 is 11.9 Å². The summed E-state index contributed by atoms with van der Waals surface area (Å²) in [4.78, 5) is 19.1. The molecule has 1 aliphatic carbocycles. The molecular weight excluding hydrogens is 336 g/mol. The first-order valence-electron chi connectivity index (χ1n) is 8.06. The van der Waals surface area contributed by atoms with Crippen molar-refractivity contribution in [1.82, 2.24) is 4.57 Å². The second-order valence-electron chi connectivity index (χ2n) is 6.03. The van der Waals surface area contributed by atoms with Gasteiger partial charge in [0.15, 0.2) is 0 Å². The minimum absolute atomic E-state index is 0.163. The van der Waals surface area contributed by atoms with Crippen molar-refractivity contribution in [2.24, 2.45) is 5.73 Å². The summed E-state index contributed by atoms with van der Waals surface area (Å²) in [7, 11) is 1.71. The Bertz CT molecular complexity index is 820. The Morgan fingerprint density at radius 2 is 1.88 bits per heavy atom. The summed E-state index contributed by atoms with van der Waals surface area (Å²) in [5.74, 6) is -1.60. The van der Waals surface area contributed by atoms with E-state index in [1.165, 1.54) is 22.4 Å². The van der Waals surface area contributed by atoms with Crippen molar-refractivity contribution in [2.45, 2.75) is 25.9 Å². The number of methoxy groups -OCH3 is 1. The maximum Gasteiger partial charge on any atom is 0.328 e. The summed E-state index contributed by atoms with van der Waals surface area (Å²) in [6, 6.07) is 8.67. The smallest absolute Gasteiger partial charge is 0.328 e. The summed E-state index contributed by atoms with van der Waals surface area (Å²) in [5, 5.41) is 15.6. The fraction of sp³-hybridized carbons (Fsp3) is 0.263. The Labute approximate surface area is 151 Å². The van der Waals surface area contributed by atoms with Gasteiger partial charge in [0.25, 0.3) is 0 Å². The molecule has 0 bridgehead atoms. The molecule has 4 N–H and O–H groups in total. The Balaban J connectivity index is 0.000000260. The van der Waals surface area contributed by atoms with Crippen molar-refractivity contribution in [1.29, 1.82) is 0 Å². The van der Waals surface area contributed by atoms with Crippen LogP contribution in [-0.2, 0) is 22.6 Å². The van der Waals surface area contributed by atoms with Crippen LogP contribution in [0, 0.1) is 0 Å². The van der Waals surface area contributed by atoms with Gasteiger partial charge in [0.1, 0.15) is 5.75 Å². The van der Waals surface area contributed by atoms with Gasteiger partial charge in [-0.2, -0.15) is 0 Å². The van der Waals surface area contributed by atoms with Gasteiger partial charge in [-0.05, 0) is 36.2 Å². The van der Waals surface area contributed by atoms with Gasteiger partial charge in [0.2, 0.25) is 0 Å². The van der Waals surface area contributed by atoms with Crippen LogP contribution in [0.5, 0.6) is 5.75 Å². The average molecular weight is 358 g/mol. The highest BCUT2D eigenvalue weighted by molar-refractivity contribution is 5.89. The first kappa shape index (κ1) is 19.3. The van der Waals surface area contributed by atoms with Gasteiger partial charge >= 0.3 is 11.9 Å². The highest BCUT2D eigenvalue weighted by Gasteiger charge is 2.22. The van der Waals surface area contributed by atoms with Crippen molar-refractivity contribution in [3.63, 3.8) is 0 Å².